The fourth-order valence-corrected chi connectivity index (χ4v) is 4.55. The van der Waals surface area contributed by atoms with Crippen LogP contribution in [0.1, 0.15) is 15.9 Å². The number of fused-ring (bicyclic) bond motifs is 1. The second kappa shape index (κ2) is 7.91. The first kappa shape index (κ1) is 19.4. The van der Waals surface area contributed by atoms with Gasteiger partial charge in [0.15, 0.2) is 0 Å². The summed E-state index contributed by atoms with van der Waals surface area (Å²) in [6.07, 6.45) is 1.82. The van der Waals surface area contributed by atoms with E-state index in [1.807, 2.05) is 47.5 Å². The van der Waals surface area contributed by atoms with Gasteiger partial charge in [0.1, 0.15) is 5.82 Å². The average Bonchev–Trinajstić information content (AvgIpc) is 3.11. The summed E-state index contributed by atoms with van der Waals surface area (Å²) < 4.78 is 2.15. The van der Waals surface area contributed by atoms with Crippen molar-refractivity contribution in [3.63, 3.8) is 0 Å². The average molecular weight is 411 g/mol. The normalized spacial score (nSPS) is 14.3. The van der Waals surface area contributed by atoms with Crippen molar-refractivity contribution in [3.8, 4) is 11.3 Å². The predicted molar refractivity (Wildman–Crippen MR) is 125 cm³/mol. The van der Waals surface area contributed by atoms with Crippen LogP contribution < -0.4 is 4.90 Å². The highest BCUT2D eigenvalue weighted by molar-refractivity contribution is 6.13. The molecule has 2 aromatic heterocycles. The van der Waals surface area contributed by atoms with E-state index < -0.39 is 0 Å². The van der Waals surface area contributed by atoms with Crippen LogP contribution in [0.5, 0.6) is 0 Å². The summed E-state index contributed by atoms with van der Waals surface area (Å²) in [6.45, 7) is 5.02. The molecule has 0 bridgehead atoms. The van der Waals surface area contributed by atoms with E-state index in [4.69, 9.17) is 0 Å². The summed E-state index contributed by atoms with van der Waals surface area (Å²) in [5.74, 6) is 1.08. The predicted octanol–water partition coefficient (Wildman–Crippen LogP) is 4.51. The van der Waals surface area contributed by atoms with Crippen LogP contribution in [0.15, 0.2) is 72.9 Å². The van der Waals surface area contributed by atoms with E-state index in [0.29, 0.717) is 13.1 Å². The molecule has 0 atom stereocenters. The van der Waals surface area contributed by atoms with Crippen molar-refractivity contribution in [2.24, 2.45) is 7.05 Å². The number of benzene rings is 2. The molecule has 0 unspecified atom stereocenters. The first-order valence-electron chi connectivity index (χ1n) is 10.7. The standard InChI is InChI=1S/C26H26N4O/c1-19-11-12-22-21(18-19)24(25(28(22)2)20-8-4-3-5-9-20)26(31)30-16-14-29(15-17-30)23-10-6-7-13-27-23/h3-13,18H,14-17H2,1-2H3. The smallest absolute Gasteiger partial charge is 0.256 e. The number of aryl methyl sites for hydroxylation is 2. The van der Waals surface area contributed by atoms with E-state index in [9.17, 15) is 4.79 Å². The van der Waals surface area contributed by atoms with Crippen molar-refractivity contribution < 1.29 is 4.79 Å². The number of amides is 1. The molecule has 1 aliphatic heterocycles. The van der Waals surface area contributed by atoms with Crippen LogP contribution in [0.3, 0.4) is 0 Å². The molecule has 0 saturated carbocycles. The molecule has 0 spiro atoms. The minimum Gasteiger partial charge on any atom is -0.353 e. The third-order valence-electron chi connectivity index (χ3n) is 6.16. The van der Waals surface area contributed by atoms with Gasteiger partial charge < -0.3 is 14.4 Å². The third kappa shape index (κ3) is 3.46. The van der Waals surface area contributed by atoms with Crippen LogP contribution in [0.25, 0.3) is 22.2 Å². The molecule has 0 aliphatic carbocycles. The van der Waals surface area contributed by atoms with Crippen LogP contribution >= 0.6 is 0 Å². The number of aromatic nitrogens is 2. The molecule has 5 heteroatoms. The van der Waals surface area contributed by atoms with Gasteiger partial charge in [-0.25, -0.2) is 4.98 Å². The summed E-state index contributed by atoms with van der Waals surface area (Å²) >= 11 is 0. The van der Waals surface area contributed by atoms with Gasteiger partial charge in [-0.15, -0.1) is 0 Å². The number of pyridine rings is 1. The zero-order valence-electron chi connectivity index (χ0n) is 18.0. The molecule has 5 nitrogen and oxygen atoms in total. The molecule has 1 fully saturated rings. The first-order chi connectivity index (χ1) is 15.1. The Morgan fingerprint density at radius 2 is 1.65 bits per heavy atom. The number of rotatable bonds is 3. The highest BCUT2D eigenvalue weighted by Crippen LogP contribution is 2.34. The van der Waals surface area contributed by atoms with Gasteiger partial charge in [0.2, 0.25) is 0 Å². The zero-order valence-corrected chi connectivity index (χ0v) is 18.0. The lowest BCUT2D eigenvalue weighted by Crippen LogP contribution is -2.49. The second-order valence-corrected chi connectivity index (χ2v) is 8.14. The van der Waals surface area contributed by atoms with E-state index in [0.717, 1.165) is 52.2 Å². The second-order valence-electron chi connectivity index (χ2n) is 8.14. The Morgan fingerprint density at radius 3 is 2.35 bits per heavy atom. The summed E-state index contributed by atoms with van der Waals surface area (Å²) in [4.78, 5) is 22.5. The molecule has 0 N–H and O–H groups in total. The lowest BCUT2D eigenvalue weighted by Gasteiger charge is -2.35. The molecule has 31 heavy (non-hydrogen) atoms. The number of carbonyl (C=O) groups is 1. The molecular weight excluding hydrogens is 384 g/mol. The van der Waals surface area contributed by atoms with Crippen molar-refractivity contribution in [3.05, 3.63) is 84.1 Å². The van der Waals surface area contributed by atoms with Gasteiger partial charge in [-0.2, -0.15) is 0 Å². The lowest BCUT2D eigenvalue weighted by molar-refractivity contribution is 0.0749. The quantitative estimate of drug-likeness (QED) is 0.499. The van der Waals surface area contributed by atoms with Gasteiger partial charge in [-0.1, -0.05) is 48.0 Å². The van der Waals surface area contributed by atoms with E-state index in [2.05, 4.69) is 58.8 Å². The van der Waals surface area contributed by atoms with E-state index in [1.54, 1.807) is 0 Å². The molecule has 156 valence electrons. The lowest BCUT2D eigenvalue weighted by atomic mass is 10.0. The van der Waals surface area contributed by atoms with Crippen molar-refractivity contribution in [2.75, 3.05) is 31.1 Å². The number of carbonyl (C=O) groups excluding carboxylic acids is 1. The SMILES string of the molecule is Cc1ccc2c(c1)c(C(=O)N1CCN(c3ccccn3)CC1)c(-c1ccccc1)n2C. The fraction of sp³-hybridized carbons (Fsp3) is 0.231. The van der Waals surface area contributed by atoms with E-state index in [1.165, 1.54) is 0 Å². The van der Waals surface area contributed by atoms with Gasteiger partial charge >= 0.3 is 0 Å². The van der Waals surface area contributed by atoms with Crippen LogP contribution in [-0.2, 0) is 7.05 Å². The summed E-state index contributed by atoms with van der Waals surface area (Å²) in [7, 11) is 2.05. The number of hydrogen-bond donors (Lipinski definition) is 0. The Morgan fingerprint density at radius 1 is 0.903 bits per heavy atom. The van der Waals surface area contributed by atoms with Crippen LogP contribution in [0.2, 0.25) is 0 Å². The molecular formula is C26H26N4O. The third-order valence-corrected chi connectivity index (χ3v) is 6.16. The molecule has 0 radical (unpaired) electrons. The van der Waals surface area contributed by atoms with Gasteiger partial charge in [-0.05, 0) is 36.8 Å². The van der Waals surface area contributed by atoms with Crippen LogP contribution in [-0.4, -0.2) is 46.5 Å². The van der Waals surface area contributed by atoms with Crippen molar-refractivity contribution in [1.29, 1.82) is 0 Å². The number of anilines is 1. The maximum atomic E-state index is 13.9. The maximum Gasteiger partial charge on any atom is 0.256 e. The minimum atomic E-state index is 0.107. The molecule has 4 aromatic rings. The topological polar surface area (TPSA) is 41.4 Å². The Hall–Kier alpha value is -3.60. The molecule has 1 amide bonds. The van der Waals surface area contributed by atoms with Crippen molar-refractivity contribution in [2.45, 2.75) is 6.92 Å². The zero-order chi connectivity index (χ0) is 21.4. The number of piperazine rings is 1. The van der Waals surface area contributed by atoms with E-state index >= 15 is 0 Å². The van der Waals surface area contributed by atoms with E-state index in [-0.39, 0.29) is 5.91 Å². The Balaban J connectivity index is 1.52. The van der Waals surface area contributed by atoms with Gasteiger partial charge in [0.05, 0.1) is 11.3 Å². The Labute approximate surface area is 182 Å². The molecule has 1 saturated heterocycles. The highest BCUT2D eigenvalue weighted by Gasteiger charge is 2.28. The molecule has 3 heterocycles. The minimum absolute atomic E-state index is 0.107. The van der Waals surface area contributed by atoms with Crippen molar-refractivity contribution >= 4 is 22.6 Å². The molecule has 2 aromatic carbocycles. The van der Waals surface area contributed by atoms with Gasteiger partial charge in [0.25, 0.3) is 5.91 Å². The summed E-state index contributed by atoms with van der Waals surface area (Å²) in [5.41, 5.74) is 5.10. The van der Waals surface area contributed by atoms with Crippen LogP contribution in [0, 0.1) is 6.92 Å². The highest BCUT2D eigenvalue weighted by atomic mass is 16.2. The first-order valence-corrected chi connectivity index (χ1v) is 10.7. The molecule has 5 rings (SSSR count). The monoisotopic (exact) mass is 410 g/mol. The summed E-state index contributed by atoms with van der Waals surface area (Å²) in [6, 6.07) is 22.5. The van der Waals surface area contributed by atoms with Crippen molar-refractivity contribution in [1.82, 2.24) is 14.5 Å². The fourth-order valence-electron chi connectivity index (χ4n) is 4.55. The van der Waals surface area contributed by atoms with Crippen LogP contribution in [0.4, 0.5) is 5.82 Å². The largest absolute Gasteiger partial charge is 0.353 e. The Kier molecular flexibility index (Phi) is 4.94. The summed E-state index contributed by atoms with van der Waals surface area (Å²) in [5, 5.41) is 1.03. The molecule has 1 aliphatic rings. The number of hydrogen-bond acceptors (Lipinski definition) is 3. The maximum absolute atomic E-state index is 13.9. The van der Waals surface area contributed by atoms with Gasteiger partial charge in [-0.3, -0.25) is 4.79 Å². The van der Waals surface area contributed by atoms with Gasteiger partial charge in [0, 0.05) is 50.3 Å². The number of nitrogens with zero attached hydrogens (tertiary/aromatic N) is 4. The Bertz CT molecular complexity index is 1220.